The summed E-state index contributed by atoms with van der Waals surface area (Å²) < 4.78 is 15.5. The molecule has 2 N–H and O–H groups in total. The van der Waals surface area contributed by atoms with E-state index in [1.165, 1.54) is 4.68 Å². The van der Waals surface area contributed by atoms with Gasteiger partial charge in [0.25, 0.3) is 5.91 Å². The molecule has 1 fully saturated rings. The van der Waals surface area contributed by atoms with Crippen molar-refractivity contribution in [2.24, 2.45) is 12.8 Å². The van der Waals surface area contributed by atoms with Crippen LogP contribution in [0.15, 0.2) is 0 Å². The summed E-state index contributed by atoms with van der Waals surface area (Å²) in [5.41, 5.74) is 4.79. The Morgan fingerprint density at radius 2 is 2.33 bits per heavy atom. The molecule has 1 amide bonds. The molecule has 8 heteroatoms. The molecule has 1 aromatic rings. The number of carbonyl (C=O) groups excluding carboxylic acids is 1. The van der Waals surface area contributed by atoms with E-state index in [1.54, 1.807) is 7.05 Å². The molecule has 18 heavy (non-hydrogen) atoms. The van der Waals surface area contributed by atoms with Gasteiger partial charge in [0, 0.05) is 26.7 Å². The van der Waals surface area contributed by atoms with Crippen molar-refractivity contribution in [1.29, 1.82) is 0 Å². The number of carbonyl (C=O) groups is 1. The van der Waals surface area contributed by atoms with Crippen molar-refractivity contribution in [3.05, 3.63) is 11.5 Å². The fourth-order valence-electron chi connectivity index (χ4n) is 2.43. The predicted octanol–water partition coefficient (Wildman–Crippen LogP) is -1.28. The van der Waals surface area contributed by atoms with Crippen LogP contribution in [0.5, 0.6) is 0 Å². The molecule has 2 heterocycles. The van der Waals surface area contributed by atoms with Crippen molar-refractivity contribution in [2.45, 2.75) is 12.5 Å². The Morgan fingerprint density at radius 3 is 2.78 bits per heavy atom. The van der Waals surface area contributed by atoms with Gasteiger partial charge in [-0.2, -0.15) is 5.10 Å². The highest BCUT2D eigenvalue weighted by atomic mass is 19.1. The van der Waals surface area contributed by atoms with Gasteiger partial charge in [0.1, 0.15) is 0 Å². The summed E-state index contributed by atoms with van der Waals surface area (Å²) in [4.78, 5) is 15.1. The third-order valence-corrected chi connectivity index (χ3v) is 3.44. The van der Waals surface area contributed by atoms with E-state index < -0.39 is 11.7 Å². The molecule has 0 radical (unpaired) electrons. The number of amides is 1. The maximum absolute atomic E-state index is 14.1. The van der Waals surface area contributed by atoms with E-state index in [4.69, 9.17) is 5.73 Å². The van der Waals surface area contributed by atoms with Gasteiger partial charge in [-0.05, 0) is 13.0 Å². The molecular weight excluding hydrogens is 236 g/mol. The molecule has 6 nitrogen and oxygen atoms in total. The largest absolute Gasteiger partial charge is 0.364 e. The van der Waals surface area contributed by atoms with Crippen LogP contribution in [0.4, 0.5) is 10.2 Å². The van der Waals surface area contributed by atoms with Gasteiger partial charge in [-0.25, -0.2) is 9.07 Å². The average molecular weight is 253 g/mol. The molecule has 0 spiro atoms. The van der Waals surface area contributed by atoms with E-state index in [1.807, 2.05) is 19.9 Å². The molecule has 1 aliphatic heterocycles. The fraction of sp³-hybridized carbons (Fsp3) is 0.600. The lowest BCUT2D eigenvalue weighted by Crippen LogP contribution is -2.35. The first kappa shape index (κ1) is 12.9. The second kappa shape index (κ2) is 4.60. The molecule has 1 atom stereocenters. The molecule has 0 aromatic carbocycles. The monoisotopic (exact) mass is 253 g/mol. The first-order valence-corrected chi connectivity index (χ1v) is 5.85. The van der Waals surface area contributed by atoms with Crippen LogP contribution >= 0.6 is 0 Å². The molecular formula is C10H17BFN5O. The zero-order valence-electron chi connectivity index (χ0n) is 10.9. The first-order valence-electron chi connectivity index (χ1n) is 5.85. The second-order valence-electron chi connectivity index (χ2n) is 4.79. The molecule has 0 unspecified atom stereocenters. The summed E-state index contributed by atoms with van der Waals surface area (Å²) in [6, 6.07) is 0.223. The molecule has 2 rings (SSSR count). The Labute approximate surface area is 106 Å². The third-order valence-electron chi connectivity index (χ3n) is 3.44. The number of anilines is 1. The molecule has 1 aromatic heterocycles. The number of hydrogen-bond acceptors (Lipinski definition) is 4. The number of halogens is 1. The highest BCUT2D eigenvalue weighted by Gasteiger charge is 2.29. The van der Waals surface area contributed by atoms with Crippen molar-refractivity contribution < 1.29 is 9.18 Å². The van der Waals surface area contributed by atoms with E-state index >= 15 is 0 Å². The molecule has 0 bridgehead atoms. The Kier molecular flexibility index (Phi) is 3.29. The number of aryl methyl sites for hydroxylation is 1. The number of likely N-dealkylation sites (N-methyl/N-ethyl adjacent to an activating group) is 1. The Bertz CT molecular complexity index is 477. The van der Waals surface area contributed by atoms with Gasteiger partial charge in [-0.3, -0.25) is 4.79 Å². The molecule has 1 saturated heterocycles. The smallest absolute Gasteiger partial charge is 0.272 e. The number of nitrogens with zero attached hydrogens (tertiary/aromatic N) is 4. The molecule has 1 aliphatic rings. The van der Waals surface area contributed by atoms with Gasteiger partial charge in [0.05, 0.1) is 0 Å². The van der Waals surface area contributed by atoms with E-state index in [0.717, 1.165) is 19.5 Å². The fourth-order valence-corrected chi connectivity index (χ4v) is 2.43. The van der Waals surface area contributed by atoms with Crippen LogP contribution in [0.2, 0.25) is 0 Å². The van der Waals surface area contributed by atoms with Gasteiger partial charge in [-0.1, -0.05) is 0 Å². The average Bonchev–Trinajstić information content (AvgIpc) is 2.83. The van der Waals surface area contributed by atoms with E-state index in [0.29, 0.717) is 5.82 Å². The zero-order chi connectivity index (χ0) is 13.4. The summed E-state index contributed by atoms with van der Waals surface area (Å²) >= 11 is 0. The van der Waals surface area contributed by atoms with Crippen LogP contribution in [0.25, 0.3) is 0 Å². The van der Waals surface area contributed by atoms with Crippen LogP contribution in [-0.2, 0) is 7.05 Å². The highest BCUT2D eigenvalue weighted by Crippen LogP contribution is 2.25. The zero-order valence-corrected chi connectivity index (χ0v) is 10.9. The quantitative estimate of drug-likeness (QED) is 0.681. The van der Waals surface area contributed by atoms with Gasteiger partial charge in [-0.15, -0.1) is 0 Å². The van der Waals surface area contributed by atoms with E-state index in [2.05, 4.69) is 9.91 Å². The lowest BCUT2D eigenvalue weighted by Gasteiger charge is -2.26. The van der Waals surface area contributed by atoms with Crippen LogP contribution in [0.3, 0.4) is 0 Å². The normalized spacial score (nSPS) is 20.3. The maximum atomic E-state index is 14.1. The van der Waals surface area contributed by atoms with Gasteiger partial charge in [0.15, 0.2) is 25.3 Å². The van der Waals surface area contributed by atoms with Crippen LogP contribution < -0.4 is 10.6 Å². The van der Waals surface area contributed by atoms with Crippen LogP contribution in [0.1, 0.15) is 16.9 Å². The minimum atomic E-state index is -0.841. The van der Waals surface area contributed by atoms with Gasteiger partial charge in [0.2, 0.25) is 0 Å². The Morgan fingerprint density at radius 1 is 1.67 bits per heavy atom. The molecule has 98 valence electrons. The number of hydrogen-bond donors (Lipinski definition) is 1. The minimum Gasteiger partial charge on any atom is -0.364 e. The van der Waals surface area contributed by atoms with E-state index in [-0.39, 0.29) is 11.7 Å². The van der Waals surface area contributed by atoms with Crippen molar-refractivity contribution in [2.75, 3.05) is 25.0 Å². The summed E-state index contributed by atoms with van der Waals surface area (Å²) in [6.45, 7) is 1.85. The summed E-state index contributed by atoms with van der Waals surface area (Å²) in [6.07, 6.45) is 0.962. The van der Waals surface area contributed by atoms with E-state index in [9.17, 15) is 9.18 Å². The summed E-state index contributed by atoms with van der Waals surface area (Å²) in [5.74, 6) is -1.17. The topological polar surface area (TPSA) is 67.4 Å². The number of aromatic nitrogens is 2. The van der Waals surface area contributed by atoms with Crippen molar-refractivity contribution in [3.63, 3.8) is 0 Å². The van der Waals surface area contributed by atoms with Crippen molar-refractivity contribution in [1.82, 2.24) is 14.6 Å². The number of nitrogens with two attached hydrogens (primary N) is 1. The number of rotatable bonds is 3. The third kappa shape index (κ3) is 2.08. The van der Waals surface area contributed by atoms with Crippen LogP contribution in [0, 0.1) is 5.82 Å². The maximum Gasteiger partial charge on any atom is 0.272 e. The lowest BCUT2D eigenvalue weighted by molar-refractivity contribution is 0.0991. The van der Waals surface area contributed by atoms with Crippen molar-refractivity contribution >= 4 is 19.7 Å². The summed E-state index contributed by atoms with van der Waals surface area (Å²) in [7, 11) is 5.46. The second-order valence-corrected chi connectivity index (χ2v) is 4.79. The van der Waals surface area contributed by atoms with Gasteiger partial charge >= 0.3 is 0 Å². The molecule has 0 aliphatic carbocycles. The molecule has 0 saturated carbocycles. The number of primary amides is 1. The minimum absolute atomic E-state index is 0.223. The lowest BCUT2D eigenvalue weighted by atomic mass is 10.2. The predicted molar refractivity (Wildman–Crippen MR) is 68.6 cm³/mol. The SMILES string of the molecule is BN1CC[C@H](N(C)c2c(F)c(C(N)=O)nn2C)C1. The highest BCUT2D eigenvalue weighted by molar-refractivity contribution is 6.04. The standard InChI is InChI=1S/C10H17BFN5O/c1-15(6-3-4-17(11)5-6)10-7(12)8(9(13)18)14-16(10)2/h6H,3-5,11H2,1-2H3,(H2,13,18)/t6-/m0/s1. The first-order chi connectivity index (χ1) is 8.41. The van der Waals surface area contributed by atoms with Gasteiger partial charge < -0.3 is 15.4 Å². The Balaban J connectivity index is 2.30. The van der Waals surface area contributed by atoms with Crippen LogP contribution in [-0.4, -0.2) is 54.7 Å². The Hall–Kier alpha value is -1.57. The van der Waals surface area contributed by atoms with Crippen molar-refractivity contribution in [3.8, 4) is 0 Å². The summed E-state index contributed by atoms with van der Waals surface area (Å²) in [5, 5.41) is 3.83.